The van der Waals surface area contributed by atoms with Gasteiger partial charge in [0.15, 0.2) is 17.3 Å². The summed E-state index contributed by atoms with van der Waals surface area (Å²) in [6.45, 7) is 0.245. The highest BCUT2D eigenvalue weighted by Crippen LogP contribution is 2.36. The molecule has 9 heteroatoms. The molecule has 130 valence electrons. The van der Waals surface area contributed by atoms with Crippen molar-refractivity contribution in [1.82, 2.24) is 14.9 Å². The number of hydrogen-bond acceptors (Lipinski definition) is 6. The lowest BCUT2D eigenvalue weighted by Crippen LogP contribution is -2.13. The topological polar surface area (TPSA) is 61.5 Å². The largest absolute Gasteiger partial charge is 0.454 e. The van der Waals surface area contributed by atoms with Crippen molar-refractivity contribution < 1.29 is 9.47 Å². The predicted molar refractivity (Wildman–Crippen MR) is 101 cm³/mol. The van der Waals surface area contributed by atoms with Crippen LogP contribution in [0.2, 0.25) is 10.0 Å². The molecule has 0 saturated heterocycles. The van der Waals surface area contributed by atoms with Crippen LogP contribution in [0.25, 0.3) is 11.4 Å². The van der Waals surface area contributed by atoms with Crippen LogP contribution in [-0.4, -0.2) is 33.1 Å². The van der Waals surface area contributed by atoms with Gasteiger partial charge in [0.1, 0.15) is 0 Å². The van der Waals surface area contributed by atoms with Gasteiger partial charge in [-0.05, 0) is 36.4 Å². The van der Waals surface area contributed by atoms with Crippen molar-refractivity contribution >= 4 is 40.7 Å². The van der Waals surface area contributed by atoms with Crippen molar-refractivity contribution in [3.05, 3.63) is 52.0 Å². The fourth-order valence-electron chi connectivity index (χ4n) is 2.78. The first-order valence-corrected chi connectivity index (χ1v) is 9.45. The Morgan fingerprint density at radius 3 is 2.77 bits per heavy atom. The van der Waals surface area contributed by atoms with Crippen LogP contribution in [0.5, 0.6) is 11.5 Å². The molecule has 2 aliphatic rings. The van der Waals surface area contributed by atoms with Crippen LogP contribution in [0.15, 0.2) is 46.7 Å². The molecule has 0 bridgehead atoms. The first kappa shape index (κ1) is 16.0. The summed E-state index contributed by atoms with van der Waals surface area (Å²) < 4.78 is 12.5. The predicted octanol–water partition coefficient (Wildman–Crippen LogP) is 4.34. The number of aromatic nitrogens is 3. The van der Waals surface area contributed by atoms with E-state index in [1.807, 2.05) is 24.3 Å². The molecule has 0 radical (unpaired) electrons. The quantitative estimate of drug-likeness (QED) is 0.635. The number of thioether (sulfide) groups is 1. The number of ether oxygens (including phenoxy) is 2. The second-order valence-electron chi connectivity index (χ2n) is 5.65. The maximum atomic E-state index is 6.33. The van der Waals surface area contributed by atoms with E-state index < -0.39 is 0 Å². The zero-order valence-corrected chi connectivity index (χ0v) is 15.5. The second-order valence-corrected chi connectivity index (χ2v) is 7.43. The highest BCUT2D eigenvalue weighted by Gasteiger charge is 2.23. The van der Waals surface area contributed by atoms with E-state index in [-0.39, 0.29) is 6.79 Å². The van der Waals surface area contributed by atoms with Crippen molar-refractivity contribution in [1.29, 1.82) is 0 Å². The molecular formula is C17H10Cl2N4O2S. The van der Waals surface area contributed by atoms with Gasteiger partial charge in [-0.3, -0.25) is 0 Å². The summed E-state index contributed by atoms with van der Waals surface area (Å²) in [5.41, 5.74) is 2.59. The van der Waals surface area contributed by atoms with Crippen LogP contribution in [0, 0.1) is 0 Å². The van der Waals surface area contributed by atoms with Gasteiger partial charge < -0.3 is 9.47 Å². The highest BCUT2D eigenvalue weighted by molar-refractivity contribution is 7.99. The number of hydrogen-bond donors (Lipinski definition) is 0. The van der Waals surface area contributed by atoms with Crippen molar-refractivity contribution in [3.63, 3.8) is 0 Å². The van der Waals surface area contributed by atoms with Gasteiger partial charge in [0, 0.05) is 21.9 Å². The van der Waals surface area contributed by atoms with E-state index in [0.29, 0.717) is 21.6 Å². The van der Waals surface area contributed by atoms with Crippen LogP contribution < -0.4 is 9.47 Å². The van der Waals surface area contributed by atoms with Crippen molar-refractivity contribution in [3.8, 4) is 22.9 Å². The van der Waals surface area contributed by atoms with E-state index in [1.165, 1.54) is 0 Å². The van der Waals surface area contributed by atoms with E-state index in [0.717, 1.165) is 33.5 Å². The zero-order chi connectivity index (χ0) is 17.7. The first-order valence-electron chi connectivity index (χ1n) is 7.70. The normalized spacial score (nSPS) is 14.9. The molecule has 2 aliphatic heterocycles. The summed E-state index contributed by atoms with van der Waals surface area (Å²) in [6, 6.07) is 11.1. The summed E-state index contributed by atoms with van der Waals surface area (Å²) in [5, 5.41) is 15.0. The molecule has 0 aliphatic carbocycles. The Labute approximate surface area is 162 Å². The molecule has 6 nitrogen and oxygen atoms in total. The molecule has 0 unspecified atom stereocenters. The van der Waals surface area contributed by atoms with Gasteiger partial charge in [-0.1, -0.05) is 35.0 Å². The van der Waals surface area contributed by atoms with E-state index in [2.05, 4.69) is 10.2 Å². The molecule has 0 N–H and O–H groups in total. The highest BCUT2D eigenvalue weighted by atomic mass is 35.5. The summed E-state index contributed by atoms with van der Waals surface area (Å²) in [5.74, 6) is 2.74. The zero-order valence-electron chi connectivity index (χ0n) is 13.1. The van der Waals surface area contributed by atoms with E-state index >= 15 is 0 Å². The number of halogens is 2. The number of rotatable bonds is 2. The molecule has 2 aromatic carbocycles. The molecule has 1 aromatic heterocycles. The van der Waals surface area contributed by atoms with Crippen LogP contribution >= 0.6 is 35.0 Å². The molecule has 3 aromatic rings. The molecule has 26 heavy (non-hydrogen) atoms. The monoisotopic (exact) mass is 404 g/mol. The van der Waals surface area contributed by atoms with Gasteiger partial charge in [0.25, 0.3) is 0 Å². The van der Waals surface area contributed by atoms with Crippen LogP contribution in [-0.2, 0) is 0 Å². The SMILES string of the molecule is Clc1ccc(-c2nnc3n2N=C(c2ccc4c(c2)OCO4)CS3)c(Cl)c1. The van der Waals surface area contributed by atoms with Crippen LogP contribution in [0.1, 0.15) is 5.56 Å². The summed E-state index contributed by atoms with van der Waals surface area (Å²) >= 11 is 13.9. The molecule has 0 saturated carbocycles. The standard InChI is InChI=1S/C17H10Cl2N4O2S/c18-10-2-3-11(12(19)6-10)16-20-21-17-23(16)22-13(7-26-17)9-1-4-14-15(5-9)25-8-24-14/h1-6H,7-8H2. The Morgan fingerprint density at radius 1 is 1.00 bits per heavy atom. The summed E-state index contributed by atoms with van der Waals surface area (Å²) in [4.78, 5) is 0. The first-order chi connectivity index (χ1) is 12.7. The molecular weight excluding hydrogens is 395 g/mol. The lowest BCUT2D eigenvalue weighted by Gasteiger charge is -2.14. The van der Waals surface area contributed by atoms with Crippen LogP contribution in [0.4, 0.5) is 0 Å². The van der Waals surface area contributed by atoms with Gasteiger partial charge >= 0.3 is 0 Å². The molecule has 0 spiro atoms. The molecule has 0 fully saturated rings. The minimum Gasteiger partial charge on any atom is -0.454 e. The third-order valence-electron chi connectivity index (χ3n) is 4.05. The molecule has 0 atom stereocenters. The van der Waals surface area contributed by atoms with Crippen molar-refractivity contribution in [2.75, 3.05) is 12.5 Å². The van der Waals surface area contributed by atoms with Crippen molar-refractivity contribution in [2.24, 2.45) is 5.10 Å². The van der Waals surface area contributed by atoms with Crippen LogP contribution in [0.3, 0.4) is 0 Å². The van der Waals surface area contributed by atoms with Gasteiger partial charge in [-0.25, -0.2) is 0 Å². The second kappa shape index (κ2) is 6.19. The molecule has 3 heterocycles. The summed E-state index contributed by atoms with van der Waals surface area (Å²) in [7, 11) is 0. The Hall–Kier alpha value is -2.22. The Bertz CT molecular complexity index is 1070. The average molecular weight is 405 g/mol. The fraction of sp³-hybridized carbons (Fsp3) is 0.118. The van der Waals surface area contributed by atoms with E-state index in [9.17, 15) is 0 Å². The number of fused-ring (bicyclic) bond motifs is 2. The van der Waals surface area contributed by atoms with Crippen molar-refractivity contribution in [2.45, 2.75) is 5.16 Å². The Morgan fingerprint density at radius 2 is 1.88 bits per heavy atom. The van der Waals surface area contributed by atoms with E-state index in [1.54, 1.807) is 28.6 Å². The maximum Gasteiger partial charge on any atom is 0.231 e. The summed E-state index contributed by atoms with van der Waals surface area (Å²) in [6.07, 6.45) is 0. The van der Waals surface area contributed by atoms with Gasteiger partial charge in [0.2, 0.25) is 11.9 Å². The van der Waals surface area contributed by atoms with Gasteiger partial charge in [-0.2, -0.15) is 9.78 Å². The molecule has 5 rings (SSSR count). The van der Waals surface area contributed by atoms with Gasteiger partial charge in [0.05, 0.1) is 10.7 Å². The number of nitrogens with zero attached hydrogens (tertiary/aromatic N) is 4. The minimum atomic E-state index is 0.245. The average Bonchev–Trinajstić information content (AvgIpc) is 3.27. The molecule has 0 amide bonds. The third-order valence-corrected chi connectivity index (χ3v) is 5.53. The Kier molecular flexibility index (Phi) is 3.81. The lowest BCUT2D eigenvalue weighted by atomic mass is 10.1. The minimum absolute atomic E-state index is 0.245. The van der Waals surface area contributed by atoms with Gasteiger partial charge in [-0.15, -0.1) is 10.2 Å². The third kappa shape index (κ3) is 2.63. The maximum absolute atomic E-state index is 6.33. The van der Waals surface area contributed by atoms with E-state index in [4.69, 9.17) is 37.8 Å². The fourth-order valence-corrected chi connectivity index (χ4v) is 4.12. The number of benzene rings is 2. The Balaban J connectivity index is 1.59. The smallest absolute Gasteiger partial charge is 0.231 e. The lowest BCUT2D eigenvalue weighted by molar-refractivity contribution is 0.174.